The van der Waals surface area contributed by atoms with E-state index in [1.165, 1.54) is 0 Å². The molecule has 196 valence electrons. The van der Waals surface area contributed by atoms with Crippen molar-refractivity contribution in [2.45, 2.75) is 0 Å². The van der Waals surface area contributed by atoms with Gasteiger partial charge in [0.05, 0.1) is 92.5 Å². The number of aromatic amines is 2. The molecule has 10 nitrogen and oxygen atoms in total. The maximum Gasteiger partial charge on any atom is 0.0991 e. The lowest BCUT2D eigenvalue weighted by Crippen LogP contribution is -1.89. The lowest BCUT2D eigenvalue weighted by atomic mass is 10.1. The van der Waals surface area contributed by atoms with Crippen molar-refractivity contribution in [3.8, 4) is 34.7 Å². The Morgan fingerprint density at radius 1 is 0.524 bits per heavy atom. The van der Waals surface area contributed by atoms with E-state index in [4.69, 9.17) is 10.5 Å². The predicted octanol–water partition coefficient (Wildman–Crippen LogP) is 6.09. The summed E-state index contributed by atoms with van der Waals surface area (Å²) < 4.78 is 0. The van der Waals surface area contributed by atoms with Crippen molar-refractivity contribution in [2.24, 2.45) is 0 Å². The van der Waals surface area contributed by atoms with Crippen LogP contribution in [0.4, 0.5) is 0 Å². The van der Waals surface area contributed by atoms with E-state index < -0.39 is 0 Å². The molecule has 0 aliphatic carbocycles. The summed E-state index contributed by atoms with van der Waals surface area (Å²) in [5, 5.41) is 33.8. The van der Waals surface area contributed by atoms with Crippen LogP contribution < -0.4 is 0 Å². The van der Waals surface area contributed by atoms with Crippen LogP contribution >= 0.6 is 0 Å². The van der Waals surface area contributed by atoms with Crippen molar-refractivity contribution in [3.63, 3.8) is 0 Å². The Hall–Kier alpha value is -6.52. The Labute approximate surface area is 238 Å². The fourth-order valence-corrected chi connectivity index (χ4v) is 4.67. The first-order valence-corrected chi connectivity index (χ1v) is 12.9. The van der Waals surface area contributed by atoms with Crippen LogP contribution in [0, 0.1) is 22.7 Å². The van der Waals surface area contributed by atoms with Crippen molar-refractivity contribution in [1.82, 2.24) is 40.3 Å². The first-order chi connectivity index (χ1) is 20.7. The van der Waals surface area contributed by atoms with E-state index in [9.17, 15) is 0 Å². The third-order valence-electron chi connectivity index (χ3n) is 6.78. The normalized spacial score (nSPS) is 10.8. The Balaban J connectivity index is 0.000000137. The van der Waals surface area contributed by atoms with Gasteiger partial charge in [0.1, 0.15) is 0 Å². The molecule has 0 saturated heterocycles. The summed E-state index contributed by atoms with van der Waals surface area (Å²) in [5.41, 5.74) is 9.60. The number of H-pyrrole nitrogens is 2. The lowest BCUT2D eigenvalue weighted by Gasteiger charge is -2.03. The van der Waals surface area contributed by atoms with E-state index in [0.29, 0.717) is 11.1 Å². The second-order valence-electron chi connectivity index (χ2n) is 9.49. The highest BCUT2D eigenvalue weighted by Crippen LogP contribution is 2.24. The highest BCUT2D eigenvalue weighted by molar-refractivity contribution is 5.94. The van der Waals surface area contributed by atoms with E-state index >= 15 is 0 Å². The molecular weight excluding hydrogens is 524 g/mol. The number of aromatic nitrogens is 8. The van der Waals surface area contributed by atoms with E-state index in [-0.39, 0.29) is 0 Å². The van der Waals surface area contributed by atoms with E-state index in [1.54, 1.807) is 36.9 Å². The van der Waals surface area contributed by atoms with Crippen LogP contribution in [0.3, 0.4) is 0 Å². The molecule has 8 aromatic rings. The molecule has 0 unspecified atom stereocenters. The van der Waals surface area contributed by atoms with Gasteiger partial charge in [-0.2, -0.15) is 20.7 Å². The zero-order chi connectivity index (χ0) is 28.5. The van der Waals surface area contributed by atoms with Crippen molar-refractivity contribution in [1.29, 1.82) is 10.5 Å². The van der Waals surface area contributed by atoms with Crippen molar-refractivity contribution >= 4 is 43.9 Å². The number of nitrogens with one attached hydrogen (secondary N) is 2. The van der Waals surface area contributed by atoms with Crippen LogP contribution in [0.25, 0.3) is 66.4 Å². The second kappa shape index (κ2) is 10.2. The van der Waals surface area contributed by atoms with Crippen molar-refractivity contribution in [3.05, 3.63) is 109 Å². The molecule has 10 heteroatoms. The molecule has 4 aromatic heterocycles. The molecule has 0 spiro atoms. The van der Waals surface area contributed by atoms with Crippen LogP contribution in [0.15, 0.2) is 97.6 Å². The fourth-order valence-electron chi connectivity index (χ4n) is 4.67. The van der Waals surface area contributed by atoms with E-state index in [1.807, 2.05) is 60.7 Å². The van der Waals surface area contributed by atoms with Crippen LogP contribution in [0.2, 0.25) is 0 Å². The molecule has 2 N–H and O–H groups in total. The van der Waals surface area contributed by atoms with Gasteiger partial charge in [0.2, 0.25) is 0 Å². The van der Waals surface area contributed by atoms with Gasteiger partial charge in [0.25, 0.3) is 0 Å². The minimum Gasteiger partial charge on any atom is -0.278 e. The molecule has 0 aliphatic rings. The number of nitriles is 2. The van der Waals surface area contributed by atoms with Gasteiger partial charge in [-0.3, -0.25) is 20.2 Å². The van der Waals surface area contributed by atoms with Crippen molar-refractivity contribution < 1.29 is 0 Å². The van der Waals surface area contributed by atoms with Gasteiger partial charge < -0.3 is 0 Å². The number of nitrogens with zero attached hydrogens (tertiary/aromatic N) is 8. The van der Waals surface area contributed by atoms with Crippen LogP contribution in [0.1, 0.15) is 11.1 Å². The summed E-state index contributed by atoms with van der Waals surface area (Å²) in [4.78, 5) is 18.2. The first kappa shape index (κ1) is 24.5. The van der Waals surface area contributed by atoms with E-state index in [2.05, 4.69) is 52.5 Å². The van der Waals surface area contributed by atoms with Crippen LogP contribution in [-0.2, 0) is 0 Å². The Morgan fingerprint density at radius 2 is 1.00 bits per heavy atom. The standard InChI is InChI=1S/2C16H9N5/c17-7-10-2-1-3-11(4-10)16-9-18-14-6-13-12(8-19-21-13)5-15(14)20-16;17-7-10-2-1-3-11(4-10)16-9-18-14-5-12-8-19-21-13(12)6-15(14)20-16/h2*1-6,8-9H,(H,19,21). The molecule has 42 heavy (non-hydrogen) atoms. The summed E-state index contributed by atoms with van der Waals surface area (Å²) >= 11 is 0. The first-order valence-electron chi connectivity index (χ1n) is 12.9. The number of fused-ring (bicyclic) bond motifs is 4. The molecule has 0 bridgehead atoms. The van der Waals surface area contributed by atoms with Gasteiger partial charge in [0, 0.05) is 21.9 Å². The summed E-state index contributed by atoms with van der Waals surface area (Å²) in [5.74, 6) is 0. The van der Waals surface area contributed by atoms with Gasteiger partial charge in [-0.15, -0.1) is 0 Å². The Bertz CT molecular complexity index is 2190. The number of benzene rings is 4. The van der Waals surface area contributed by atoms with Gasteiger partial charge in [-0.05, 0) is 48.5 Å². The third kappa shape index (κ3) is 4.62. The minimum atomic E-state index is 0.610. The van der Waals surface area contributed by atoms with Crippen LogP contribution in [-0.4, -0.2) is 40.3 Å². The van der Waals surface area contributed by atoms with Gasteiger partial charge in [-0.25, -0.2) is 9.97 Å². The molecule has 0 atom stereocenters. The monoisotopic (exact) mass is 542 g/mol. The molecular formula is C32H18N10. The summed E-state index contributed by atoms with van der Waals surface area (Å²) in [6.07, 6.45) is 6.98. The van der Waals surface area contributed by atoms with Crippen molar-refractivity contribution in [2.75, 3.05) is 0 Å². The number of rotatable bonds is 2. The zero-order valence-corrected chi connectivity index (χ0v) is 21.8. The maximum atomic E-state index is 8.98. The molecule has 0 amide bonds. The summed E-state index contributed by atoms with van der Waals surface area (Å²) in [6.45, 7) is 0. The van der Waals surface area contributed by atoms with Gasteiger partial charge in [0.15, 0.2) is 0 Å². The smallest absolute Gasteiger partial charge is 0.0991 e. The second-order valence-corrected chi connectivity index (χ2v) is 9.49. The lowest BCUT2D eigenvalue weighted by molar-refractivity contribution is 1.12. The minimum absolute atomic E-state index is 0.610. The number of hydrogen-bond donors (Lipinski definition) is 2. The average Bonchev–Trinajstić information content (AvgIpc) is 3.71. The zero-order valence-electron chi connectivity index (χ0n) is 21.8. The quantitative estimate of drug-likeness (QED) is 0.266. The molecule has 0 aliphatic heterocycles. The van der Waals surface area contributed by atoms with E-state index in [0.717, 1.165) is 66.4 Å². The Kier molecular flexibility index (Phi) is 5.97. The molecule has 8 rings (SSSR count). The molecule has 4 aromatic carbocycles. The highest BCUT2D eigenvalue weighted by Gasteiger charge is 2.07. The summed E-state index contributed by atoms with van der Waals surface area (Å²) in [6, 6.07) is 26.7. The molecule has 4 heterocycles. The highest BCUT2D eigenvalue weighted by atomic mass is 15.1. The topological polar surface area (TPSA) is 156 Å². The molecule has 0 radical (unpaired) electrons. The average molecular weight is 543 g/mol. The Morgan fingerprint density at radius 3 is 1.55 bits per heavy atom. The largest absolute Gasteiger partial charge is 0.278 e. The molecule has 0 saturated carbocycles. The SMILES string of the molecule is N#Cc1cccc(-c2cnc3cc4[nH]ncc4cc3n2)c1.N#Cc1cccc(-c2cnc3cc4cn[nH]c4cc3n2)c1. The summed E-state index contributed by atoms with van der Waals surface area (Å²) in [7, 11) is 0. The molecule has 0 fully saturated rings. The van der Waals surface area contributed by atoms with Crippen LogP contribution in [0.5, 0.6) is 0 Å². The third-order valence-corrected chi connectivity index (χ3v) is 6.78. The van der Waals surface area contributed by atoms with Gasteiger partial charge in [-0.1, -0.05) is 24.3 Å². The number of hydrogen-bond acceptors (Lipinski definition) is 8. The van der Waals surface area contributed by atoms with Gasteiger partial charge >= 0.3 is 0 Å². The maximum absolute atomic E-state index is 8.98. The fraction of sp³-hybridized carbons (Fsp3) is 0. The predicted molar refractivity (Wildman–Crippen MR) is 159 cm³/mol.